The number of benzene rings is 2. The van der Waals surface area contributed by atoms with E-state index in [1.165, 1.54) is 38.2 Å². The number of amides is 3. The molecule has 1 unspecified atom stereocenters. The van der Waals surface area contributed by atoms with E-state index in [2.05, 4.69) is 10.6 Å². The summed E-state index contributed by atoms with van der Waals surface area (Å²) >= 11 is 0. The SMILES string of the molecule is COc1ccc(N2CC(C(=O)Nc3cc(NC(C)=O)ccc3F)CC2=O)cc1OC. The number of hydrogen-bond donors (Lipinski definition) is 2. The lowest BCUT2D eigenvalue weighted by Crippen LogP contribution is -2.28. The van der Waals surface area contributed by atoms with Crippen LogP contribution in [0.1, 0.15) is 13.3 Å². The maximum atomic E-state index is 14.1. The third-order valence-corrected chi connectivity index (χ3v) is 4.72. The van der Waals surface area contributed by atoms with Crippen LogP contribution in [-0.4, -0.2) is 38.5 Å². The Labute approximate surface area is 173 Å². The van der Waals surface area contributed by atoms with Gasteiger partial charge in [-0.05, 0) is 30.3 Å². The quantitative estimate of drug-likeness (QED) is 0.756. The fourth-order valence-corrected chi connectivity index (χ4v) is 3.26. The number of carbonyl (C=O) groups excluding carboxylic acids is 3. The summed E-state index contributed by atoms with van der Waals surface area (Å²) < 4.78 is 24.6. The van der Waals surface area contributed by atoms with Gasteiger partial charge in [-0.1, -0.05) is 0 Å². The van der Waals surface area contributed by atoms with Gasteiger partial charge < -0.3 is 25.0 Å². The number of hydrogen-bond acceptors (Lipinski definition) is 5. The van der Waals surface area contributed by atoms with Gasteiger partial charge in [-0.3, -0.25) is 14.4 Å². The van der Waals surface area contributed by atoms with Gasteiger partial charge in [-0.25, -0.2) is 4.39 Å². The van der Waals surface area contributed by atoms with Crippen LogP contribution in [0.15, 0.2) is 36.4 Å². The molecular formula is C21H22FN3O5. The van der Waals surface area contributed by atoms with E-state index in [0.29, 0.717) is 22.9 Å². The normalized spacial score (nSPS) is 15.7. The van der Waals surface area contributed by atoms with Crippen LogP contribution < -0.4 is 25.0 Å². The lowest BCUT2D eigenvalue weighted by atomic mass is 10.1. The molecule has 1 atom stereocenters. The molecule has 1 aliphatic rings. The molecule has 1 saturated heterocycles. The van der Waals surface area contributed by atoms with Crippen molar-refractivity contribution < 1.29 is 28.2 Å². The number of halogens is 1. The molecule has 2 aromatic carbocycles. The Kier molecular flexibility index (Phi) is 6.20. The largest absolute Gasteiger partial charge is 0.493 e. The Morgan fingerprint density at radius 3 is 2.47 bits per heavy atom. The molecule has 8 nitrogen and oxygen atoms in total. The highest BCUT2D eigenvalue weighted by Crippen LogP contribution is 2.34. The molecule has 0 aromatic heterocycles. The van der Waals surface area contributed by atoms with Crippen LogP contribution in [0.5, 0.6) is 11.5 Å². The lowest BCUT2D eigenvalue weighted by molar-refractivity contribution is -0.122. The van der Waals surface area contributed by atoms with Crippen LogP contribution in [0.25, 0.3) is 0 Å². The summed E-state index contributed by atoms with van der Waals surface area (Å²) in [5, 5.41) is 5.04. The molecule has 1 fully saturated rings. The average Bonchev–Trinajstić information content (AvgIpc) is 3.11. The van der Waals surface area contributed by atoms with Gasteiger partial charge in [0, 0.05) is 37.3 Å². The summed E-state index contributed by atoms with van der Waals surface area (Å²) in [5.74, 6) is -1.33. The van der Waals surface area contributed by atoms with Crippen LogP contribution in [0.2, 0.25) is 0 Å². The average molecular weight is 415 g/mol. The molecule has 2 N–H and O–H groups in total. The Balaban J connectivity index is 1.73. The minimum Gasteiger partial charge on any atom is -0.493 e. The van der Waals surface area contributed by atoms with Crippen molar-refractivity contribution in [1.82, 2.24) is 0 Å². The van der Waals surface area contributed by atoms with Gasteiger partial charge in [-0.15, -0.1) is 0 Å². The number of rotatable bonds is 6. The molecule has 1 heterocycles. The molecule has 0 aliphatic carbocycles. The van der Waals surface area contributed by atoms with E-state index >= 15 is 0 Å². The molecular weight excluding hydrogens is 393 g/mol. The Morgan fingerprint density at radius 1 is 1.07 bits per heavy atom. The van der Waals surface area contributed by atoms with Crippen molar-refractivity contribution in [2.24, 2.45) is 5.92 Å². The molecule has 0 saturated carbocycles. The van der Waals surface area contributed by atoms with Gasteiger partial charge in [0.1, 0.15) is 5.82 Å². The number of nitrogens with one attached hydrogen (secondary N) is 2. The summed E-state index contributed by atoms with van der Waals surface area (Å²) in [4.78, 5) is 37.8. The topological polar surface area (TPSA) is 97.0 Å². The Hall–Kier alpha value is -3.62. The monoisotopic (exact) mass is 415 g/mol. The third kappa shape index (κ3) is 4.51. The predicted molar refractivity (Wildman–Crippen MR) is 109 cm³/mol. The predicted octanol–water partition coefficient (Wildman–Crippen LogP) is 2.79. The van der Waals surface area contributed by atoms with Gasteiger partial charge in [0.25, 0.3) is 0 Å². The maximum absolute atomic E-state index is 14.1. The number of methoxy groups -OCH3 is 2. The molecule has 3 amide bonds. The first-order valence-corrected chi connectivity index (χ1v) is 9.22. The molecule has 0 radical (unpaired) electrons. The van der Waals surface area contributed by atoms with Crippen LogP contribution in [0, 0.1) is 11.7 Å². The first-order chi connectivity index (χ1) is 14.3. The maximum Gasteiger partial charge on any atom is 0.229 e. The molecule has 158 valence electrons. The lowest BCUT2D eigenvalue weighted by Gasteiger charge is -2.18. The van der Waals surface area contributed by atoms with Crippen LogP contribution in [-0.2, 0) is 14.4 Å². The second-order valence-electron chi connectivity index (χ2n) is 6.81. The number of nitrogens with zero attached hydrogens (tertiary/aromatic N) is 1. The molecule has 9 heteroatoms. The zero-order valence-corrected chi connectivity index (χ0v) is 16.8. The van der Waals surface area contributed by atoms with Crippen molar-refractivity contribution in [3.8, 4) is 11.5 Å². The summed E-state index contributed by atoms with van der Waals surface area (Å²) in [5.41, 5.74) is 0.865. The van der Waals surface area contributed by atoms with Crippen molar-refractivity contribution >= 4 is 34.8 Å². The second-order valence-corrected chi connectivity index (χ2v) is 6.81. The van der Waals surface area contributed by atoms with E-state index in [9.17, 15) is 18.8 Å². The number of anilines is 3. The molecule has 2 aromatic rings. The smallest absolute Gasteiger partial charge is 0.229 e. The molecule has 1 aliphatic heterocycles. The fraction of sp³-hybridized carbons (Fsp3) is 0.286. The summed E-state index contributed by atoms with van der Waals surface area (Å²) in [7, 11) is 3.01. The summed E-state index contributed by atoms with van der Waals surface area (Å²) in [6, 6.07) is 8.92. The second kappa shape index (κ2) is 8.81. The van der Waals surface area contributed by atoms with Crippen molar-refractivity contribution in [2.75, 3.05) is 36.3 Å². The van der Waals surface area contributed by atoms with Gasteiger partial charge in [0.2, 0.25) is 17.7 Å². The van der Waals surface area contributed by atoms with Crippen LogP contribution >= 0.6 is 0 Å². The highest BCUT2D eigenvalue weighted by molar-refractivity contribution is 6.04. The first-order valence-electron chi connectivity index (χ1n) is 9.22. The van der Waals surface area contributed by atoms with Crippen LogP contribution in [0.3, 0.4) is 0 Å². The number of carbonyl (C=O) groups is 3. The minimum atomic E-state index is -0.658. The van der Waals surface area contributed by atoms with Crippen molar-refractivity contribution in [1.29, 1.82) is 0 Å². The zero-order valence-electron chi connectivity index (χ0n) is 16.8. The van der Waals surface area contributed by atoms with Gasteiger partial charge in [0.15, 0.2) is 11.5 Å². The molecule has 3 rings (SSSR count). The van der Waals surface area contributed by atoms with Gasteiger partial charge in [0.05, 0.1) is 25.8 Å². The van der Waals surface area contributed by atoms with E-state index < -0.39 is 17.6 Å². The van der Waals surface area contributed by atoms with Gasteiger partial charge in [-0.2, -0.15) is 0 Å². The first kappa shape index (κ1) is 21.1. The Bertz CT molecular complexity index is 995. The van der Waals surface area contributed by atoms with Crippen molar-refractivity contribution in [3.63, 3.8) is 0 Å². The molecule has 0 spiro atoms. The summed E-state index contributed by atoms with van der Waals surface area (Å²) in [6.07, 6.45) is -0.00676. The van der Waals surface area contributed by atoms with E-state index in [0.717, 1.165) is 6.07 Å². The van der Waals surface area contributed by atoms with Crippen molar-refractivity contribution in [2.45, 2.75) is 13.3 Å². The summed E-state index contributed by atoms with van der Waals surface area (Å²) in [6.45, 7) is 1.47. The minimum absolute atomic E-state index is 0.00676. The van der Waals surface area contributed by atoms with E-state index in [4.69, 9.17) is 9.47 Å². The highest BCUT2D eigenvalue weighted by Gasteiger charge is 2.35. The third-order valence-electron chi connectivity index (χ3n) is 4.72. The van der Waals surface area contributed by atoms with Crippen molar-refractivity contribution in [3.05, 3.63) is 42.2 Å². The van der Waals surface area contributed by atoms with Crippen LogP contribution in [0.4, 0.5) is 21.5 Å². The van der Waals surface area contributed by atoms with E-state index in [-0.39, 0.29) is 30.5 Å². The number of ether oxygens (including phenoxy) is 2. The zero-order chi connectivity index (χ0) is 21.8. The Morgan fingerprint density at radius 2 is 1.80 bits per heavy atom. The van der Waals surface area contributed by atoms with E-state index in [1.807, 2.05) is 0 Å². The fourth-order valence-electron chi connectivity index (χ4n) is 3.26. The molecule has 0 bridgehead atoms. The standard InChI is InChI=1S/C21H22FN3O5/c1-12(26)23-14-4-6-16(22)17(9-14)24-21(28)13-8-20(27)25(11-13)15-5-7-18(29-2)19(10-15)30-3/h4-7,9-10,13H,8,11H2,1-3H3,(H,23,26)(H,24,28). The van der Waals surface area contributed by atoms with E-state index in [1.54, 1.807) is 18.2 Å². The van der Waals surface area contributed by atoms with Gasteiger partial charge >= 0.3 is 0 Å². The molecule has 30 heavy (non-hydrogen) atoms. The highest BCUT2D eigenvalue weighted by atomic mass is 19.1.